The van der Waals surface area contributed by atoms with Crippen molar-refractivity contribution < 1.29 is 19.4 Å². The Morgan fingerprint density at radius 1 is 1.21 bits per heavy atom. The topological polar surface area (TPSA) is 111 Å². The van der Waals surface area contributed by atoms with Crippen molar-refractivity contribution in [3.63, 3.8) is 0 Å². The van der Waals surface area contributed by atoms with Crippen molar-refractivity contribution in [3.05, 3.63) is 64.2 Å². The van der Waals surface area contributed by atoms with Crippen LogP contribution in [0, 0.1) is 25.3 Å². The van der Waals surface area contributed by atoms with Gasteiger partial charge in [0.15, 0.2) is 6.19 Å². The number of nitriles is 1. The molecule has 3 N–H and O–H groups in total. The third kappa shape index (κ3) is 5.89. The highest BCUT2D eigenvalue weighted by Gasteiger charge is 2.20. The number of nitrogens with zero attached hydrogens (tertiary/aromatic N) is 1. The van der Waals surface area contributed by atoms with Gasteiger partial charge in [0.1, 0.15) is 5.75 Å². The van der Waals surface area contributed by atoms with E-state index in [-0.39, 0.29) is 17.9 Å². The van der Waals surface area contributed by atoms with Crippen LogP contribution in [0.4, 0.5) is 11.4 Å². The fraction of sp³-hybridized carbons (Fsp3) is 0.208. The second kappa shape index (κ2) is 10.9. The molecule has 0 saturated heterocycles. The Bertz CT molecular complexity index is 1260. The highest BCUT2D eigenvalue weighted by molar-refractivity contribution is 7.99. The van der Waals surface area contributed by atoms with E-state index >= 15 is 0 Å². The smallest absolute Gasteiger partial charge is 0.313 e. The van der Waals surface area contributed by atoms with Crippen molar-refractivity contribution in [1.29, 1.82) is 5.26 Å². The first-order valence-corrected chi connectivity index (χ1v) is 11.6. The Balaban J connectivity index is 2.02. The van der Waals surface area contributed by atoms with Gasteiger partial charge in [-0.3, -0.25) is 14.9 Å². The second-order valence-electron chi connectivity index (χ2n) is 7.26. The number of carboxylic acid groups (broad SMARTS) is 1. The Labute approximate surface area is 200 Å². The molecule has 3 aromatic carbocycles. The molecule has 0 bridgehead atoms. The number of benzene rings is 3. The SMILES string of the molecule is Cc1ccc(Cl)c(NC(=O)c2cc(OCCSCC(=O)O)c3c(C)cccc3c2NC#N)c1. The maximum atomic E-state index is 13.3. The van der Waals surface area contributed by atoms with E-state index < -0.39 is 11.9 Å². The van der Waals surface area contributed by atoms with Gasteiger partial charge in [-0.2, -0.15) is 5.26 Å². The summed E-state index contributed by atoms with van der Waals surface area (Å²) in [5.74, 6) is -0.407. The van der Waals surface area contributed by atoms with Crippen LogP contribution in [0.5, 0.6) is 5.75 Å². The number of hydrogen-bond donors (Lipinski definition) is 3. The van der Waals surface area contributed by atoms with Gasteiger partial charge >= 0.3 is 5.97 Å². The van der Waals surface area contributed by atoms with Crippen LogP contribution in [0.2, 0.25) is 5.02 Å². The monoisotopic (exact) mass is 483 g/mol. The van der Waals surface area contributed by atoms with E-state index in [1.165, 1.54) is 11.8 Å². The minimum absolute atomic E-state index is 0.0148. The number of carbonyl (C=O) groups excluding carboxylic acids is 1. The normalized spacial score (nSPS) is 10.5. The molecule has 9 heteroatoms. The van der Waals surface area contributed by atoms with Gasteiger partial charge in [-0.05, 0) is 43.2 Å². The van der Waals surface area contributed by atoms with Gasteiger partial charge < -0.3 is 15.2 Å². The van der Waals surface area contributed by atoms with Gasteiger partial charge in [-0.25, -0.2) is 0 Å². The molecule has 0 aliphatic carbocycles. The molecule has 0 spiro atoms. The number of hydrogen-bond acceptors (Lipinski definition) is 6. The summed E-state index contributed by atoms with van der Waals surface area (Å²) < 4.78 is 5.97. The van der Waals surface area contributed by atoms with Gasteiger partial charge in [0, 0.05) is 16.5 Å². The fourth-order valence-corrected chi connectivity index (χ4v) is 4.09. The van der Waals surface area contributed by atoms with Gasteiger partial charge in [-0.1, -0.05) is 35.9 Å². The van der Waals surface area contributed by atoms with E-state index in [9.17, 15) is 14.9 Å². The summed E-state index contributed by atoms with van der Waals surface area (Å²) in [7, 11) is 0. The van der Waals surface area contributed by atoms with Gasteiger partial charge in [-0.15, -0.1) is 11.8 Å². The van der Waals surface area contributed by atoms with Crippen molar-refractivity contribution in [2.75, 3.05) is 28.7 Å². The lowest BCUT2D eigenvalue weighted by Crippen LogP contribution is -2.15. The third-order valence-corrected chi connectivity index (χ3v) is 6.08. The van der Waals surface area contributed by atoms with Crippen LogP contribution in [0.1, 0.15) is 21.5 Å². The van der Waals surface area contributed by atoms with Gasteiger partial charge in [0.2, 0.25) is 0 Å². The number of rotatable bonds is 9. The summed E-state index contributed by atoms with van der Waals surface area (Å²) in [5, 5.41) is 25.4. The molecule has 7 nitrogen and oxygen atoms in total. The molecule has 0 aromatic heterocycles. The van der Waals surface area contributed by atoms with Gasteiger partial charge in [0.05, 0.1) is 34.3 Å². The number of anilines is 2. The van der Waals surface area contributed by atoms with Crippen molar-refractivity contribution in [2.24, 2.45) is 0 Å². The van der Waals surface area contributed by atoms with Crippen LogP contribution < -0.4 is 15.4 Å². The summed E-state index contributed by atoms with van der Waals surface area (Å²) >= 11 is 7.49. The lowest BCUT2D eigenvalue weighted by molar-refractivity contribution is -0.133. The van der Waals surface area contributed by atoms with E-state index in [0.29, 0.717) is 33.3 Å². The number of amides is 1. The molecule has 33 heavy (non-hydrogen) atoms. The molecule has 0 radical (unpaired) electrons. The minimum atomic E-state index is -0.887. The molecule has 0 saturated carbocycles. The Kier molecular flexibility index (Phi) is 8.04. The number of fused-ring (bicyclic) bond motifs is 1. The third-order valence-electron chi connectivity index (χ3n) is 4.84. The van der Waals surface area contributed by atoms with Crippen LogP contribution in [0.3, 0.4) is 0 Å². The number of carboxylic acids is 1. The Hall–Kier alpha value is -3.41. The van der Waals surface area contributed by atoms with E-state index in [1.807, 2.05) is 44.3 Å². The van der Waals surface area contributed by atoms with Gasteiger partial charge in [0.25, 0.3) is 5.91 Å². The molecule has 0 unspecified atom stereocenters. The lowest BCUT2D eigenvalue weighted by Gasteiger charge is -2.18. The Morgan fingerprint density at radius 2 is 2.00 bits per heavy atom. The zero-order valence-corrected chi connectivity index (χ0v) is 19.6. The van der Waals surface area contributed by atoms with Crippen molar-refractivity contribution in [2.45, 2.75) is 13.8 Å². The van der Waals surface area contributed by atoms with Crippen LogP contribution >= 0.6 is 23.4 Å². The maximum absolute atomic E-state index is 13.3. The maximum Gasteiger partial charge on any atom is 0.313 e. The molecule has 0 heterocycles. The van der Waals surface area contributed by atoms with E-state index in [1.54, 1.807) is 18.2 Å². The summed E-state index contributed by atoms with van der Waals surface area (Å²) in [6.45, 7) is 4.07. The first-order valence-electron chi connectivity index (χ1n) is 10.0. The molecule has 3 aromatic rings. The Morgan fingerprint density at radius 3 is 2.73 bits per heavy atom. The van der Waals surface area contributed by atoms with E-state index in [2.05, 4.69) is 10.6 Å². The van der Waals surface area contributed by atoms with E-state index in [4.69, 9.17) is 21.4 Å². The standard InChI is InChI=1S/C24H22ClN3O4S/c1-14-6-7-18(25)19(10-14)28-24(31)17-11-20(32-8-9-33-12-21(29)30)22-15(2)4-3-5-16(22)23(17)27-13-26/h3-7,10-11,27H,8-9,12H2,1-2H3,(H,28,31)(H,29,30). The number of nitrogens with one attached hydrogen (secondary N) is 2. The fourth-order valence-electron chi connectivity index (χ4n) is 3.40. The lowest BCUT2D eigenvalue weighted by atomic mass is 9.98. The average Bonchev–Trinajstić information content (AvgIpc) is 2.77. The first kappa shape index (κ1) is 24.2. The zero-order valence-electron chi connectivity index (χ0n) is 18.1. The van der Waals surface area contributed by atoms with Crippen LogP contribution in [0.15, 0.2) is 42.5 Å². The van der Waals surface area contributed by atoms with Crippen LogP contribution in [-0.4, -0.2) is 35.1 Å². The second-order valence-corrected chi connectivity index (χ2v) is 8.78. The average molecular weight is 484 g/mol. The number of thioether (sulfide) groups is 1. The highest BCUT2D eigenvalue weighted by atomic mass is 35.5. The summed E-state index contributed by atoms with van der Waals surface area (Å²) in [6, 6.07) is 12.5. The number of aryl methyl sites for hydroxylation is 2. The predicted molar refractivity (Wildman–Crippen MR) is 133 cm³/mol. The molecule has 0 aliphatic heterocycles. The van der Waals surface area contributed by atoms with E-state index in [0.717, 1.165) is 16.5 Å². The number of halogens is 1. The molecule has 0 aliphatic rings. The summed E-state index contributed by atoms with van der Waals surface area (Å²) in [4.78, 5) is 24.0. The molecular formula is C24H22ClN3O4S. The summed E-state index contributed by atoms with van der Waals surface area (Å²) in [5.41, 5.74) is 2.89. The number of aliphatic carboxylic acids is 1. The predicted octanol–water partition coefficient (Wildman–Crippen LogP) is 5.45. The zero-order chi connectivity index (χ0) is 24.0. The quantitative estimate of drug-likeness (QED) is 0.211. The first-order chi connectivity index (χ1) is 15.8. The summed E-state index contributed by atoms with van der Waals surface area (Å²) in [6.07, 6.45) is 1.91. The minimum Gasteiger partial charge on any atom is -0.492 e. The molecule has 3 rings (SSSR count). The molecular weight excluding hydrogens is 462 g/mol. The highest BCUT2D eigenvalue weighted by Crippen LogP contribution is 2.38. The van der Waals surface area contributed by atoms with Crippen molar-refractivity contribution in [3.8, 4) is 11.9 Å². The molecule has 0 fully saturated rings. The molecule has 0 atom stereocenters. The molecule has 170 valence electrons. The largest absolute Gasteiger partial charge is 0.492 e. The van der Waals surface area contributed by atoms with Crippen molar-refractivity contribution in [1.82, 2.24) is 0 Å². The van der Waals surface area contributed by atoms with Crippen molar-refractivity contribution >= 4 is 57.4 Å². The number of carbonyl (C=O) groups is 2. The molecule has 1 amide bonds. The number of ether oxygens (including phenoxy) is 1. The van der Waals surface area contributed by atoms with Crippen LogP contribution in [0.25, 0.3) is 10.8 Å². The van der Waals surface area contributed by atoms with Crippen LogP contribution in [-0.2, 0) is 4.79 Å².